The van der Waals surface area contributed by atoms with Gasteiger partial charge in [-0.25, -0.2) is 9.37 Å². The van der Waals surface area contributed by atoms with E-state index >= 15 is 0 Å². The van der Waals surface area contributed by atoms with E-state index in [4.69, 9.17) is 0 Å². The van der Waals surface area contributed by atoms with Crippen LogP contribution >= 0.6 is 11.3 Å². The summed E-state index contributed by atoms with van der Waals surface area (Å²) in [6.07, 6.45) is 1.15. The quantitative estimate of drug-likeness (QED) is 0.649. The van der Waals surface area contributed by atoms with Gasteiger partial charge < -0.3 is 10.2 Å². The van der Waals surface area contributed by atoms with E-state index in [0.29, 0.717) is 15.7 Å². The summed E-state index contributed by atoms with van der Waals surface area (Å²) in [7, 11) is 5.02. The van der Waals surface area contributed by atoms with Gasteiger partial charge in [0.25, 0.3) is 0 Å². The second-order valence-electron chi connectivity index (χ2n) is 3.45. The molecule has 0 fully saturated rings. The van der Waals surface area contributed by atoms with Crippen molar-refractivity contribution in [2.24, 2.45) is 0 Å². The molecule has 0 bridgehead atoms. The molecule has 6 heteroatoms. The summed E-state index contributed by atoms with van der Waals surface area (Å²) in [5, 5.41) is 3.44. The third kappa shape index (κ3) is 2.79. The highest BCUT2D eigenvalue weighted by atomic mass is 32.1. The lowest BCUT2D eigenvalue weighted by molar-refractivity contribution is 0.100. The minimum Gasteiger partial charge on any atom is -0.381 e. The van der Waals surface area contributed by atoms with Crippen LogP contribution in [0, 0.1) is 6.92 Å². The van der Waals surface area contributed by atoms with Crippen molar-refractivity contribution in [1.29, 1.82) is 0 Å². The van der Waals surface area contributed by atoms with E-state index in [1.54, 1.807) is 28.1 Å². The Labute approximate surface area is 97.8 Å². The Bertz CT molecular complexity index is 426. The van der Waals surface area contributed by atoms with Gasteiger partial charge in [0.15, 0.2) is 11.0 Å². The van der Waals surface area contributed by atoms with Crippen LogP contribution in [0.3, 0.4) is 0 Å². The van der Waals surface area contributed by atoms with Crippen LogP contribution in [0.4, 0.5) is 9.52 Å². The molecule has 1 aromatic heterocycles. The second kappa shape index (κ2) is 5.07. The number of carbonyl (C=O) groups excluding carboxylic acids is 1. The molecule has 0 aliphatic heterocycles. The van der Waals surface area contributed by atoms with Crippen LogP contribution in [-0.4, -0.2) is 36.8 Å². The molecule has 0 aromatic carbocycles. The number of anilines is 1. The lowest BCUT2D eigenvalue weighted by Gasteiger charge is -2.04. The normalized spacial score (nSPS) is 11.4. The molecular formula is C10H14FN3OS. The zero-order chi connectivity index (χ0) is 12.3. The van der Waals surface area contributed by atoms with Gasteiger partial charge in [-0.3, -0.25) is 4.79 Å². The molecule has 0 spiro atoms. The molecule has 88 valence electrons. The number of allylic oxidation sites excluding steroid dienone is 1. The molecule has 0 radical (unpaired) electrons. The van der Waals surface area contributed by atoms with E-state index < -0.39 is 11.6 Å². The van der Waals surface area contributed by atoms with E-state index in [9.17, 15) is 9.18 Å². The Kier molecular flexibility index (Phi) is 4.00. The maximum absolute atomic E-state index is 13.5. The monoisotopic (exact) mass is 243 g/mol. The molecule has 0 unspecified atom stereocenters. The standard InChI is InChI=1S/C10H14FN3OS/c1-6-9(16-10(12-2)13-6)8(15)7(11)5-14(3)4/h5H,1-4H3,(H,12,13). The molecule has 1 N–H and O–H groups in total. The number of thiazole rings is 1. The molecule has 1 aromatic rings. The van der Waals surface area contributed by atoms with Crippen molar-refractivity contribution in [2.45, 2.75) is 6.92 Å². The third-order valence-corrected chi connectivity index (χ3v) is 2.98. The van der Waals surface area contributed by atoms with Crippen LogP contribution in [-0.2, 0) is 0 Å². The molecule has 16 heavy (non-hydrogen) atoms. The molecule has 0 saturated carbocycles. The molecule has 0 atom stereocenters. The third-order valence-electron chi connectivity index (χ3n) is 1.81. The molecular weight excluding hydrogens is 229 g/mol. The smallest absolute Gasteiger partial charge is 0.234 e. The Morgan fingerprint density at radius 2 is 2.19 bits per heavy atom. The minimum absolute atomic E-state index is 0.333. The number of nitrogens with one attached hydrogen (secondary N) is 1. The predicted molar refractivity (Wildman–Crippen MR) is 63.6 cm³/mol. The van der Waals surface area contributed by atoms with Crippen molar-refractivity contribution in [3.05, 3.63) is 22.6 Å². The van der Waals surface area contributed by atoms with Crippen molar-refractivity contribution in [1.82, 2.24) is 9.88 Å². The van der Waals surface area contributed by atoms with Crippen molar-refractivity contribution in [2.75, 3.05) is 26.5 Å². The number of nitrogens with zero attached hydrogens (tertiary/aromatic N) is 2. The van der Waals surface area contributed by atoms with Gasteiger partial charge in [0.1, 0.15) is 4.88 Å². The summed E-state index contributed by atoms with van der Waals surface area (Å²) in [5.74, 6) is -1.40. The summed E-state index contributed by atoms with van der Waals surface area (Å²) >= 11 is 1.15. The van der Waals surface area contributed by atoms with Gasteiger partial charge in [0.2, 0.25) is 5.78 Å². The number of Topliss-reactive ketones (excluding diaryl/α,β-unsaturated/α-hetero) is 1. The fourth-order valence-corrected chi connectivity index (χ4v) is 1.97. The lowest BCUT2D eigenvalue weighted by atomic mass is 10.2. The first-order valence-electron chi connectivity index (χ1n) is 4.69. The predicted octanol–water partition coefficient (Wildman–Crippen LogP) is 2.05. The van der Waals surface area contributed by atoms with E-state index in [0.717, 1.165) is 17.5 Å². The number of aromatic nitrogens is 1. The lowest BCUT2D eigenvalue weighted by Crippen LogP contribution is -2.07. The summed E-state index contributed by atoms with van der Waals surface area (Å²) in [6.45, 7) is 1.69. The highest BCUT2D eigenvalue weighted by molar-refractivity contribution is 7.17. The van der Waals surface area contributed by atoms with E-state index in [1.807, 2.05) is 0 Å². The van der Waals surface area contributed by atoms with Gasteiger partial charge in [-0.05, 0) is 6.92 Å². The SMILES string of the molecule is CNc1nc(C)c(C(=O)C(F)=CN(C)C)s1. The van der Waals surface area contributed by atoms with Gasteiger partial charge in [0, 0.05) is 27.3 Å². The van der Waals surface area contributed by atoms with Crippen LogP contribution in [0.25, 0.3) is 0 Å². The topological polar surface area (TPSA) is 45.2 Å². The van der Waals surface area contributed by atoms with E-state index in [1.165, 1.54) is 4.90 Å². The Hall–Kier alpha value is -1.43. The first-order valence-corrected chi connectivity index (χ1v) is 5.51. The highest BCUT2D eigenvalue weighted by Gasteiger charge is 2.19. The number of ketones is 1. The maximum Gasteiger partial charge on any atom is 0.234 e. The average Bonchev–Trinajstić information content (AvgIpc) is 2.57. The summed E-state index contributed by atoms with van der Waals surface area (Å²) < 4.78 is 13.5. The van der Waals surface area contributed by atoms with Crippen LogP contribution in [0.2, 0.25) is 0 Å². The number of halogens is 1. The van der Waals surface area contributed by atoms with Gasteiger partial charge in [-0.2, -0.15) is 0 Å². The molecule has 0 aliphatic rings. The Morgan fingerprint density at radius 3 is 2.62 bits per heavy atom. The van der Waals surface area contributed by atoms with Crippen LogP contribution in [0.1, 0.15) is 15.4 Å². The minimum atomic E-state index is -0.778. The fraction of sp³-hybridized carbons (Fsp3) is 0.400. The van der Waals surface area contributed by atoms with Crippen LogP contribution in [0.15, 0.2) is 12.0 Å². The first-order chi connectivity index (χ1) is 7.45. The average molecular weight is 243 g/mol. The molecule has 1 heterocycles. The number of carbonyl (C=O) groups is 1. The summed E-state index contributed by atoms with van der Waals surface area (Å²) in [6, 6.07) is 0. The Balaban J connectivity index is 3.00. The number of rotatable bonds is 4. The summed E-state index contributed by atoms with van der Waals surface area (Å²) in [4.78, 5) is 17.6. The molecule has 1 rings (SSSR count). The van der Waals surface area contributed by atoms with Gasteiger partial charge in [-0.15, -0.1) is 0 Å². The van der Waals surface area contributed by atoms with E-state index in [-0.39, 0.29) is 0 Å². The molecule has 4 nitrogen and oxygen atoms in total. The first kappa shape index (κ1) is 12.6. The van der Waals surface area contributed by atoms with Crippen molar-refractivity contribution >= 4 is 22.3 Å². The number of hydrogen-bond donors (Lipinski definition) is 1. The maximum atomic E-state index is 13.5. The second-order valence-corrected chi connectivity index (χ2v) is 4.45. The number of hydrogen-bond acceptors (Lipinski definition) is 5. The van der Waals surface area contributed by atoms with Crippen molar-refractivity contribution < 1.29 is 9.18 Å². The molecule has 0 amide bonds. The zero-order valence-corrected chi connectivity index (χ0v) is 10.5. The van der Waals surface area contributed by atoms with Crippen molar-refractivity contribution in [3.63, 3.8) is 0 Å². The summed E-state index contributed by atoms with van der Waals surface area (Å²) in [5.41, 5.74) is 0.543. The Morgan fingerprint density at radius 1 is 1.56 bits per heavy atom. The fourth-order valence-electron chi connectivity index (χ4n) is 1.11. The largest absolute Gasteiger partial charge is 0.381 e. The van der Waals surface area contributed by atoms with Gasteiger partial charge in [-0.1, -0.05) is 11.3 Å². The van der Waals surface area contributed by atoms with Crippen molar-refractivity contribution in [3.8, 4) is 0 Å². The van der Waals surface area contributed by atoms with Gasteiger partial charge >= 0.3 is 0 Å². The van der Waals surface area contributed by atoms with Crippen LogP contribution < -0.4 is 5.32 Å². The van der Waals surface area contributed by atoms with E-state index in [2.05, 4.69) is 10.3 Å². The van der Waals surface area contributed by atoms with Gasteiger partial charge in [0.05, 0.1) is 5.69 Å². The highest BCUT2D eigenvalue weighted by Crippen LogP contribution is 2.25. The molecule has 0 saturated heterocycles. The number of aryl methyl sites for hydroxylation is 1. The molecule has 0 aliphatic carbocycles. The zero-order valence-electron chi connectivity index (χ0n) is 9.67. The van der Waals surface area contributed by atoms with Crippen LogP contribution in [0.5, 0.6) is 0 Å².